The van der Waals surface area contributed by atoms with Gasteiger partial charge in [-0.05, 0) is 43.7 Å². The maximum atomic E-state index is 13.2. The minimum Gasteiger partial charge on any atom is -0.339 e. The van der Waals surface area contributed by atoms with Gasteiger partial charge in [0, 0.05) is 31.2 Å². The summed E-state index contributed by atoms with van der Waals surface area (Å²) >= 11 is 0. The highest BCUT2D eigenvalue weighted by Crippen LogP contribution is 2.35. The molecule has 0 radical (unpaired) electrons. The number of amides is 2. The van der Waals surface area contributed by atoms with E-state index in [2.05, 4.69) is 25.1 Å². The van der Waals surface area contributed by atoms with Gasteiger partial charge in [-0.1, -0.05) is 31.0 Å². The van der Waals surface area contributed by atoms with Crippen molar-refractivity contribution in [2.75, 3.05) is 18.0 Å². The highest BCUT2D eigenvalue weighted by molar-refractivity contribution is 6.00. The molecular formula is C20H26N2O2. The van der Waals surface area contributed by atoms with E-state index in [-0.39, 0.29) is 17.7 Å². The van der Waals surface area contributed by atoms with Crippen LogP contribution in [0.1, 0.15) is 49.7 Å². The van der Waals surface area contributed by atoms with Gasteiger partial charge in [0.15, 0.2) is 0 Å². The number of fused-ring (bicyclic) bond motifs is 1. The molecule has 24 heavy (non-hydrogen) atoms. The third-order valence-corrected chi connectivity index (χ3v) is 5.96. The van der Waals surface area contributed by atoms with Crippen molar-refractivity contribution in [2.24, 2.45) is 5.92 Å². The Bertz CT molecular complexity index is 664. The fraction of sp³-hybridized carbons (Fsp3) is 0.600. The van der Waals surface area contributed by atoms with Gasteiger partial charge in [-0.15, -0.1) is 0 Å². The zero-order valence-corrected chi connectivity index (χ0v) is 14.5. The lowest BCUT2D eigenvalue weighted by Gasteiger charge is -2.33. The topological polar surface area (TPSA) is 40.6 Å². The zero-order valence-electron chi connectivity index (χ0n) is 14.5. The van der Waals surface area contributed by atoms with Crippen LogP contribution in [0.15, 0.2) is 18.2 Å². The van der Waals surface area contributed by atoms with Gasteiger partial charge >= 0.3 is 0 Å². The molecule has 4 rings (SSSR count). The number of anilines is 1. The quantitative estimate of drug-likeness (QED) is 0.838. The molecule has 2 amide bonds. The summed E-state index contributed by atoms with van der Waals surface area (Å²) in [6.07, 6.45) is 7.09. The van der Waals surface area contributed by atoms with E-state index in [0.29, 0.717) is 19.0 Å². The molecule has 2 fully saturated rings. The molecule has 1 atom stereocenters. The lowest BCUT2D eigenvalue weighted by molar-refractivity contribution is -0.130. The summed E-state index contributed by atoms with van der Waals surface area (Å²) < 4.78 is 0. The van der Waals surface area contributed by atoms with Crippen molar-refractivity contribution < 1.29 is 9.59 Å². The maximum Gasteiger partial charge on any atom is 0.232 e. The maximum absolute atomic E-state index is 13.2. The van der Waals surface area contributed by atoms with Gasteiger partial charge in [-0.3, -0.25) is 9.59 Å². The second-order valence-electron chi connectivity index (χ2n) is 7.56. The molecule has 4 heteroatoms. The van der Waals surface area contributed by atoms with Gasteiger partial charge in [0.05, 0.1) is 5.92 Å². The Morgan fingerprint density at radius 3 is 2.75 bits per heavy atom. The molecule has 1 aromatic carbocycles. The SMILES string of the molecule is Cc1cccc2c1N(C(=O)[C@H]1CC(=O)N(C3CCCC3)C1)CCC2. The Kier molecular flexibility index (Phi) is 4.07. The smallest absolute Gasteiger partial charge is 0.232 e. The highest BCUT2D eigenvalue weighted by atomic mass is 16.2. The van der Waals surface area contributed by atoms with E-state index in [4.69, 9.17) is 0 Å². The van der Waals surface area contributed by atoms with E-state index in [1.54, 1.807) is 0 Å². The van der Waals surface area contributed by atoms with Crippen molar-refractivity contribution in [1.29, 1.82) is 0 Å². The summed E-state index contributed by atoms with van der Waals surface area (Å²) in [5, 5.41) is 0. The molecule has 2 aliphatic heterocycles. The van der Waals surface area contributed by atoms with E-state index in [1.807, 2.05) is 9.80 Å². The Hall–Kier alpha value is -1.84. The van der Waals surface area contributed by atoms with Gasteiger partial charge in [-0.25, -0.2) is 0 Å². The van der Waals surface area contributed by atoms with Gasteiger partial charge in [-0.2, -0.15) is 0 Å². The first-order chi connectivity index (χ1) is 11.6. The monoisotopic (exact) mass is 326 g/mol. The Morgan fingerprint density at radius 2 is 1.96 bits per heavy atom. The summed E-state index contributed by atoms with van der Waals surface area (Å²) in [5.74, 6) is 0.171. The van der Waals surface area contributed by atoms with Crippen LogP contribution in [0.3, 0.4) is 0 Å². The highest BCUT2D eigenvalue weighted by Gasteiger charge is 2.41. The molecule has 3 aliphatic rings. The third-order valence-electron chi connectivity index (χ3n) is 5.96. The van der Waals surface area contributed by atoms with Crippen LogP contribution in [0.25, 0.3) is 0 Å². The van der Waals surface area contributed by atoms with Crippen LogP contribution in [-0.2, 0) is 16.0 Å². The van der Waals surface area contributed by atoms with E-state index in [9.17, 15) is 9.59 Å². The number of hydrogen-bond acceptors (Lipinski definition) is 2. The first-order valence-corrected chi connectivity index (χ1v) is 9.34. The van der Waals surface area contributed by atoms with Crippen molar-refractivity contribution in [2.45, 2.75) is 57.9 Å². The van der Waals surface area contributed by atoms with Crippen molar-refractivity contribution in [3.8, 4) is 0 Å². The van der Waals surface area contributed by atoms with Crippen LogP contribution in [0.4, 0.5) is 5.69 Å². The number of nitrogens with zero attached hydrogens (tertiary/aromatic N) is 2. The molecule has 0 bridgehead atoms. The number of likely N-dealkylation sites (tertiary alicyclic amines) is 1. The molecular weight excluding hydrogens is 300 g/mol. The lowest BCUT2D eigenvalue weighted by atomic mass is 9.96. The number of benzene rings is 1. The van der Waals surface area contributed by atoms with Crippen LogP contribution >= 0.6 is 0 Å². The first kappa shape index (κ1) is 15.7. The minimum absolute atomic E-state index is 0.152. The van der Waals surface area contributed by atoms with E-state index in [1.165, 1.54) is 18.4 Å². The number of carbonyl (C=O) groups is 2. The summed E-state index contributed by atoms with van der Waals surface area (Å²) in [6.45, 7) is 3.49. The fourth-order valence-corrected chi connectivity index (χ4v) is 4.75. The molecule has 0 unspecified atom stereocenters. The standard InChI is InChI=1S/C20H26N2O2/c1-14-6-4-7-15-8-5-11-21(19(14)15)20(24)16-12-18(23)22(13-16)17-9-2-3-10-17/h4,6-7,16-17H,2-3,5,8-13H2,1H3/t16-/m0/s1. The first-order valence-electron chi connectivity index (χ1n) is 9.34. The number of hydrogen-bond donors (Lipinski definition) is 0. The third kappa shape index (κ3) is 2.62. The van der Waals surface area contributed by atoms with Gasteiger partial charge in [0.1, 0.15) is 0 Å². The normalized spacial score (nSPS) is 24.5. The summed E-state index contributed by atoms with van der Waals surface area (Å²) in [6, 6.07) is 6.66. The van der Waals surface area contributed by atoms with Crippen LogP contribution in [0.5, 0.6) is 0 Å². The average Bonchev–Trinajstić information content (AvgIpc) is 3.23. The number of aryl methyl sites for hydroxylation is 2. The molecule has 128 valence electrons. The van der Waals surface area contributed by atoms with E-state index >= 15 is 0 Å². The van der Waals surface area contributed by atoms with Gasteiger partial charge in [0.2, 0.25) is 11.8 Å². The Morgan fingerprint density at radius 1 is 1.17 bits per heavy atom. The summed E-state index contributed by atoms with van der Waals surface area (Å²) in [4.78, 5) is 29.6. The molecule has 0 N–H and O–H groups in total. The fourth-order valence-electron chi connectivity index (χ4n) is 4.75. The van der Waals surface area contributed by atoms with Crippen molar-refractivity contribution >= 4 is 17.5 Å². The lowest BCUT2D eigenvalue weighted by Crippen LogP contribution is -2.41. The molecule has 1 aliphatic carbocycles. The van der Waals surface area contributed by atoms with E-state index < -0.39 is 0 Å². The molecule has 1 saturated heterocycles. The molecule has 1 saturated carbocycles. The van der Waals surface area contributed by atoms with Gasteiger partial charge < -0.3 is 9.80 Å². The predicted octanol–water partition coefficient (Wildman–Crippen LogP) is 3.07. The molecule has 2 heterocycles. The zero-order chi connectivity index (χ0) is 16.7. The van der Waals surface area contributed by atoms with Crippen molar-refractivity contribution in [3.63, 3.8) is 0 Å². The molecule has 1 aromatic rings. The molecule has 0 aromatic heterocycles. The number of carbonyl (C=O) groups excluding carboxylic acids is 2. The minimum atomic E-state index is -0.163. The van der Waals surface area contributed by atoms with E-state index in [0.717, 1.165) is 43.5 Å². The van der Waals surface area contributed by atoms with Crippen LogP contribution in [-0.4, -0.2) is 35.8 Å². The van der Waals surface area contributed by atoms with Gasteiger partial charge in [0.25, 0.3) is 0 Å². The van der Waals surface area contributed by atoms with Crippen LogP contribution in [0, 0.1) is 12.8 Å². The predicted molar refractivity (Wildman–Crippen MR) is 93.9 cm³/mol. The molecule has 4 nitrogen and oxygen atoms in total. The second-order valence-corrected chi connectivity index (χ2v) is 7.56. The van der Waals surface area contributed by atoms with Crippen LogP contribution < -0.4 is 4.90 Å². The average molecular weight is 326 g/mol. The largest absolute Gasteiger partial charge is 0.339 e. The number of para-hydroxylation sites is 1. The summed E-state index contributed by atoms with van der Waals surface area (Å²) in [5.41, 5.74) is 3.53. The van der Waals surface area contributed by atoms with Crippen LogP contribution in [0.2, 0.25) is 0 Å². The van der Waals surface area contributed by atoms with Crippen molar-refractivity contribution in [3.05, 3.63) is 29.3 Å². The number of rotatable bonds is 2. The second kappa shape index (κ2) is 6.23. The van der Waals surface area contributed by atoms with Crippen molar-refractivity contribution in [1.82, 2.24) is 4.90 Å². The summed E-state index contributed by atoms with van der Waals surface area (Å²) in [7, 11) is 0. The Labute approximate surface area is 143 Å². The molecule has 0 spiro atoms. The Balaban J connectivity index is 1.54.